The van der Waals surface area contributed by atoms with Crippen molar-refractivity contribution in [2.45, 2.75) is 27.2 Å². The van der Waals surface area contributed by atoms with E-state index in [9.17, 15) is 0 Å². The fraction of sp³-hybridized carbons (Fsp3) is 0.217. The van der Waals surface area contributed by atoms with Crippen LogP contribution < -0.4 is 0 Å². The monoisotopic (exact) mass is 314 g/mol. The standard InChI is InChI=1S/C23H22O/c1-23(2,3)15-16-8-10-17(11-9-16)18-12-13-20-19-6-4-5-7-21(19)24-22(20)14-18/h4-14H,15H2,1-3H3. The zero-order chi connectivity index (χ0) is 16.7. The summed E-state index contributed by atoms with van der Waals surface area (Å²) in [5.41, 5.74) is 6.03. The SMILES string of the molecule is CC(C)(C)Cc1ccc(-c2ccc3c(c2)oc2ccccc23)cc1. The van der Waals surface area contributed by atoms with Gasteiger partial charge in [-0.3, -0.25) is 0 Å². The lowest BCUT2D eigenvalue weighted by atomic mass is 9.87. The predicted molar refractivity (Wildman–Crippen MR) is 102 cm³/mol. The summed E-state index contributed by atoms with van der Waals surface area (Å²) in [5.74, 6) is 0. The van der Waals surface area contributed by atoms with E-state index in [-0.39, 0.29) is 0 Å². The molecule has 0 aliphatic rings. The van der Waals surface area contributed by atoms with Gasteiger partial charge in [0.25, 0.3) is 0 Å². The minimum atomic E-state index is 0.314. The molecule has 1 aromatic heterocycles. The van der Waals surface area contributed by atoms with Crippen LogP contribution >= 0.6 is 0 Å². The Bertz CT molecular complexity index is 998. The van der Waals surface area contributed by atoms with Gasteiger partial charge in [0.15, 0.2) is 0 Å². The number of furan rings is 1. The van der Waals surface area contributed by atoms with Crippen molar-refractivity contribution >= 4 is 21.9 Å². The van der Waals surface area contributed by atoms with Crippen molar-refractivity contribution < 1.29 is 4.42 Å². The van der Waals surface area contributed by atoms with E-state index in [1.54, 1.807) is 0 Å². The molecule has 0 saturated carbocycles. The summed E-state index contributed by atoms with van der Waals surface area (Å²) in [6.07, 6.45) is 1.09. The van der Waals surface area contributed by atoms with Crippen molar-refractivity contribution in [1.29, 1.82) is 0 Å². The Morgan fingerprint density at radius 3 is 2.12 bits per heavy atom. The topological polar surface area (TPSA) is 13.1 Å². The van der Waals surface area contributed by atoms with Crippen molar-refractivity contribution in [2.75, 3.05) is 0 Å². The molecule has 0 N–H and O–H groups in total. The van der Waals surface area contributed by atoms with Gasteiger partial charge in [0.05, 0.1) is 0 Å². The fourth-order valence-electron chi connectivity index (χ4n) is 3.33. The van der Waals surface area contributed by atoms with Crippen LogP contribution in [0.2, 0.25) is 0 Å². The Kier molecular flexibility index (Phi) is 3.45. The molecule has 1 heterocycles. The van der Waals surface area contributed by atoms with Crippen molar-refractivity contribution in [3.05, 3.63) is 72.3 Å². The smallest absolute Gasteiger partial charge is 0.136 e. The molecule has 0 saturated heterocycles. The highest BCUT2D eigenvalue weighted by atomic mass is 16.3. The van der Waals surface area contributed by atoms with Crippen LogP contribution in [0.5, 0.6) is 0 Å². The molecule has 0 aliphatic carbocycles. The third kappa shape index (κ3) is 2.82. The highest BCUT2D eigenvalue weighted by Crippen LogP contribution is 2.32. The van der Waals surface area contributed by atoms with Gasteiger partial charge in [0, 0.05) is 10.8 Å². The zero-order valence-electron chi connectivity index (χ0n) is 14.5. The van der Waals surface area contributed by atoms with Gasteiger partial charge in [-0.2, -0.15) is 0 Å². The Hall–Kier alpha value is -2.54. The van der Waals surface area contributed by atoms with Crippen LogP contribution in [0.3, 0.4) is 0 Å². The molecule has 120 valence electrons. The number of benzene rings is 3. The van der Waals surface area contributed by atoms with Gasteiger partial charge in [0.1, 0.15) is 11.2 Å². The summed E-state index contributed by atoms with van der Waals surface area (Å²) in [4.78, 5) is 0. The van der Waals surface area contributed by atoms with E-state index in [1.807, 2.05) is 12.1 Å². The number of para-hydroxylation sites is 1. The van der Waals surface area contributed by atoms with Crippen LogP contribution in [-0.2, 0) is 6.42 Å². The average Bonchev–Trinajstić information content (AvgIpc) is 2.91. The molecule has 24 heavy (non-hydrogen) atoms. The molecular formula is C23H22O. The first kappa shape index (κ1) is 15.0. The van der Waals surface area contributed by atoms with E-state index >= 15 is 0 Å². The molecule has 0 fully saturated rings. The maximum Gasteiger partial charge on any atom is 0.136 e. The van der Waals surface area contributed by atoms with Gasteiger partial charge in [-0.05, 0) is 46.7 Å². The van der Waals surface area contributed by atoms with Gasteiger partial charge in [-0.1, -0.05) is 69.3 Å². The first-order valence-corrected chi connectivity index (χ1v) is 8.50. The number of hydrogen-bond acceptors (Lipinski definition) is 1. The summed E-state index contributed by atoms with van der Waals surface area (Å²) in [7, 11) is 0. The number of hydrogen-bond donors (Lipinski definition) is 0. The molecular weight excluding hydrogens is 292 g/mol. The first-order chi connectivity index (χ1) is 11.5. The van der Waals surface area contributed by atoms with E-state index < -0.39 is 0 Å². The van der Waals surface area contributed by atoms with Crippen LogP contribution in [0.1, 0.15) is 26.3 Å². The second kappa shape index (κ2) is 5.52. The summed E-state index contributed by atoms with van der Waals surface area (Å²) >= 11 is 0. The lowest BCUT2D eigenvalue weighted by Crippen LogP contribution is -2.08. The molecule has 1 heteroatoms. The Labute approximate surface area is 142 Å². The lowest BCUT2D eigenvalue weighted by Gasteiger charge is -2.18. The number of rotatable bonds is 2. The van der Waals surface area contributed by atoms with Crippen molar-refractivity contribution in [3.63, 3.8) is 0 Å². The third-order valence-corrected chi connectivity index (χ3v) is 4.40. The van der Waals surface area contributed by atoms with Crippen molar-refractivity contribution in [3.8, 4) is 11.1 Å². The lowest BCUT2D eigenvalue weighted by molar-refractivity contribution is 0.411. The highest BCUT2D eigenvalue weighted by Gasteiger charge is 2.12. The summed E-state index contributed by atoms with van der Waals surface area (Å²) < 4.78 is 6.00. The van der Waals surface area contributed by atoms with Crippen molar-refractivity contribution in [1.82, 2.24) is 0 Å². The normalized spacial score (nSPS) is 12.1. The minimum Gasteiger partial charge on any atom is -0.456 e. The predicted octanol–water partition coefficient (Wildman–Crippen LogP) is 6.84. The summed E-state index contributed by atoms with van der Waals surface area (Å²) in [5, 5.41) is 2.36. The fourth-order valence-corrected chi connectivity index (χ4v) is 3.33. The van der Waals surface area contributed by atoms with E-state index in [1.165, 1.54) is 27.5 Å². The molecule has 0 unspecified atom stereocenters. The zero-order valence-corrected chi connectivity index (χ0v) is 14.5. The van der Waals surface area contributed by atoms with Gasteiger partial charge in [0.2, 0.25) is 0 Å². The minimum absolute atomic E-state index is 0.314. The van der Waals surface area contributed by atoms with Gasteiger partial charge in [-0.25, -0.2) is 0 Å². The van der Waals surface area contributed by atoms with Crippen molar-refractivity contribution in [2.24, 2.45) is 5.41 Å². The van der Waals surface area contributed by atoms with Gasteiger partial charge >= 0.3 is 0 Å². The second-order valence-corrected chi connectivity index (χ2v) is 7.74. The van der Waals surface area contributed by atoms with Crippen LogP contribution in [0, 0.1) is 5.41 Å². The van der Waals surface area contributed by atoms with E-state index in [0.29, 0.717) is 5.41 Å². The molecule has 0 spiro atoms. The number of fused-ring (bicyclic) bond motifs is 3. The van der Waals surface area contributed by atoms with E-state index in [2.05, 4.69) is 75.4 Å². The van der Waals surface area contributed by atoms with E-state index in [4.69, 9.17) is 4.42 Å². The van der Waals surface area contributed by atoms with Crippen LogP contribution in [-0.4, -0.2) is 0 Å². The first-order valence-electron chi connectivity index (χ1n) is 8.50. The van der Waals surface area contributed by atoms with Gasteiger partial charge in [-0.15, -0.1) is 0 Å². The average molecular weight is 314 g/mol. The summed E-state index contributed by atoms with van der Waals surface area (Å²) in [6, 6.07) is 23.6. The quantitative estimate of drug-likeness (QED) is 0.394. The van der Waals surface area contributed by atoms with E-state index in [0.717, 1.165) is 17.6 Å². The molecule has 3 aromatic carbocycles. The molecule has 0 radical (unpaired) electrons. The van der Waals surface area contributed by atoms with Crippen LogP contribution in [0.15, 0.2) is 71.1 Å². The highest BCUT2D eigenvalue weighted by molar-refractivity contribution is 6.05. The van der Waals surface area contributed by atoms with Crippen LogP contribution in [0.25, 0.3) is 33.1 Å². The maximum atomic E-state index is 6.00. The molecule has 4 rings (SSSR count). The molecule has 0 aliphatic heterocycles. The Morgan fingerprint density at radius 2 is 1.38 bits per heavy atom. The Morgan fingerprint density at radius 1 is 0.708 bits per heavy atom. The Balaban J connectivity index is 1.72. The molecule has 0 amide bonds. The molecule has 4 aromatic rings. The van der Waals surface area contributed by atoms with Crippen LogP contribution in [0.4, 0.5) is 0 Å². The van der Waals surface area contributed by atoms with Gasteiger partial charge < -0.3 is 4.42 Å². The second-order valence-electron chi connectivity index (χ2n) is 7.74. The largest absolute Gasteiger partial charge is 0.456 e. The third-order valence-electron chi connectivity index (χ3n) is 4.40. The molecule has 1 nitrogen and oxygen atoms in total. The maximum absolute atomic E-state index is 6.00. The molecule has 0 atom stereocenters. The summed E-state index contributed by atoms with van der Waals surface area (Å²) in [6.45, 7) is 6.82. The molecule has 0 bridgehead atoms.